The van der Waals surface area contributed by atoms with Gasteiger partial charge in [-0.25, -0.2) is 0 Å². The van der Waals surface area contributed by atoms with E-state index in [1.807, 2.05) is 25.1 Å². The lowest BCUT2D eigenvalue weighted by molar-refractivity contribution is 0.264. The van der Waals surface area contributed by atoms with E-state index >= 15 is 0 Å². The zero-order valence-electron chi connectivity index (χ0n) is 11.3. The number of aromatic nitrogens is 1. The summed E-state index contributed by atoms with van der Waals surface area (Å²) in [4.78, 5) is 4.02. The van der Waals surface area contributed by atoms with Gasteiger partial charge in [0.05, 0.1) is 6.61 Å². The van der Waals surface area contributed by atoms with Gasteiger partial charge in [0.25, 0.3) is 0 Å². The Labute approximate surface area is 116 Å². The van der Waals surface area contributed by atoms with Crippen molar-refractivity contribution in [3.8, 4) is 17.6 Å². The van der Waals surface area contributed by atoms with Crippen LogP contribution < -0.4 is 14.8 Å². The van der Waals surface area contributed by atoms with Crippen molar-refractivity contribution in [1.82, 2.24) is 4.98 Å². The topological polar surface area (TPSA) is 80.3 Å². The fourth-order valence-corrected chi connectivity index (χ4v) is 1.62. The molecule has 0 radical (unpaired) electrons. The molecule has 2 rings (SSSR count). The summed E-state index contributed by atoms with van der Waals surface area (Å²) in [5.41, 5.74) is 0.220. The van der Waals surface area contributed by atoms with E-state index in [2.05, 4.69) is 10.3 Å². The molecule has 0 aliphatic carbocycles. The van der Waals surface area contributed by atoms with Crippen LogP contribution in [-0.4, -0.2) is 18.6 Å². The molecule has 0 aliphatic heterocycles. The van der Waals surface area contributed by atoms with Crippen molar-refractivity contribution in [3.63, 3.8) is 0 Å². The van der Waals surface area contributed by atoms with Gasteiger partial charge in [-0.2, -0.15) is 10.2 Å². The zero-order valence-corrected chi connectivity index (χ0v) is 11.3. The predicted octanol–water partition coefficient (Wildman–Crippen LogP) is 2.57. The molecule has 0 aliphatic rings. The fraction of sp³-hybridized carbons (Fsp3) is 0.286. The second kappa shape index (κ2) is 6.48. The number of nitrogens with zero attached hydrogens (tertiary/aromatic N) is 2. The van der Waals surface area contributed by atoms with Gasteiger partial charge in [0.1, 0.15) is 17.6 Å². The molecule has 104 valence electrons. The molecule has 0 saturated heterocycles. The van der Waals surface area contributed by atoms with Crippen LogP contribution in [0.4, 0.5) is 5.88 Å². The number of rotatable bonds is 6. The number of nitriles is 1. The average Bonchev–Trinajstić information content (AvgIpc) is 2.89. The van der Waals surface area contributed by atoms with Gasteiger partial charge in [-0.15, -0.1) is 0 Å². The third-order valence-electron chi connectivity index (χ3n) is 2.50. The molecule has 20 heavy (non-hydrogen) atoms. The lowest BCUT2D eigenvalue weighted by Crippen LogP contribution is -1.96. The van der Waals surface area contributed by atoms with Gasteiger partial charge in [-0.1, -0.05) is 0 Å². The van der Waals surface area contributed by atoms with E-state index in [-0.39, 0.29) is 12.3 Å². The van der Waals surface area contributed by atoms with Crippen molar-refractivity contribution >= 4 is 5.88 Å². The Morgan fingerprint density at radius 1 is 1.25 bits per heavy atom. The van der Waals surface area contributed by atoms with Crippen LogP contribution in [0.15, 0.2) is 28.7 Å². The third kappa shape index (κ3) is 3.20. The Hall–Kier alpha value is -2.68. The highest BCUT2D eigenvalue weighted by molar-refractivity contribution is 5.44. The Morgan fingerprint density at radius 2 is 1.90 bits per heavy atom. The summed E-state index contributed by atoms with van der Waals surface area (Å²) in [5, 5.41) is 11.6. The number of benzene rings is 1. The second-order valence-corrected chi connectivity index (χ2v) is 3.84. The van der Waals surface area contributed by atoms with Crippen LogP contribution in [0.3, 0.4) is 0 Å². The Bertz CT molecular complexity index is 599. The van der Waals surface area contributed by atoms with Crippen LogP contribution in [0.1, 0.15) is 18.5 Å². The minimum atomic E-state index is 0.157. The second-order valence-electron chi connectivity index (χ2n) is 3.84. The Morgan fingerprint density at radius 3 is 2.40 bits per heavy atom. The maximum Gasteiger partial charge on any atom is 0.236 e. The van der Waals surface area contributed by atoms with Gasteiger partial charge in [-0.05, 0) is 31.2 Å². The van der Waals surface area contributed by atoms with Crippen LogP contribution in [0.5, 0.6) is 11.5 Å². The van der Waals surface area contributed by atoms with Gasteiger partial charge in [0.2, 0.25) is 17.5 Å². The Kier molecular flexibility index (Phi) is 4.45. The normalized spacial score (nSPS) is 9.85. The molecule has 0 unspecified atom stereocenters. The molecule has 0 atom stereocenters. The maximum absolute atomic E-state index is 8.86. The van der Waals surface area contributed by atoms with Crippen LogP contribution in [-0.2, 0) is 6.61 Å². The van der Waals surface area contributed by atoms with Crippen molar-refractivity contribution in [2.24, 2.45) is 0 Å². The summed E-state index contributed by atoms with van der Waals surface area (Å²) < 4.78 is 16.2. The molecule has 1 aromatic heterocycles. The van der Waals surface area contributed by atoms with E-state index in [0.717, 1.165) is 5.75 Å². The van der Waals surface area contributed by atoms with Crippen molar-refractivity contribution in [2.45, 2.75) is 13.5 Å². The monoisotopic (exact) mass is 273 g/mol. The minimum absolute atomic E-state index is 0.157. The summed E-state index contributed by atoms with van der Waals surface area (Å²) in [6, 6.07) is 9.21. The number of nitrogens with one attached hydrogen (secondary N) is 1. The van der Waals surface area contributed by atoms with Gasteiger partial charge >= 0.3 is 0 Å². The summed E-state index contributed by atoms with van der Waals surface area (Å²) in [7, 11) is 1.67. The van der Waals surface area contributed by atoms with E-state index in [1.54, 1.807) is 19.2 Å². The van der Waals surface area contributed by atoms with E-state index in [9.17, 15) is 0 Å². The zero-order chi connectivity index (χ0) is 14.4. The first-order chi connectivity index (χ1) is 9.76. The predicted molar refractivity (Wildman–Crippen MR) is 72.7 cm³/mol. The summed E-state index contributed by atoms with van der Waals surface area (Å²) in [5.74, 6) is 2.16. The fourth-order valence-electron chi connectivity index (χ4n) is 1.62. The van der Waals surface area contributed by atoms with E-state index in [4.69, 9.17) is 19.2 Å². The van der Waals surface area contributed by atoms with E-state index in [1.165, 1.54) is 0 Å². The molecule has 0 bridgehead atoms. The highest BCUT2D eigenvalue weighted by Gasteiger charge is 2.11. The molecule has 0 amide bonds. The first kappa shape index (κ1) is 13.7. The largest absolute Gasteiger partial charge is 0.494 e. The lowest BCUT2D eigenvalue weighted by atomic mass is 10.3. The summed E-state index contributed by atoms with van der Waals surface area (Å²) in [6.45, 7) is 2.71. The van der Waals surface area contributed by atoms with Gasteiger partial charge in [0.15, 0.2) is 6.61 Å². The number of ether oxygens (including phenoxy) is 2. The van der Waals surface area contributed by atoms with Crippen molar-refractivity contribution in [2.75, 3.05) is 19.0 Å². The van der Waals surface area contributed by atoms with Crippen LogP contribution in [0, 0.1) is 11.3 Å². The molecular formula is C14H15N3O3. The number of hydrogen-bond donors (Lipinski definition) is 1. The van der Waals surface area contributed by atoms with Crippen molar-refractivity contribution in [1.29, 1.82) is 5.26 Å². The number of hydrogen-bond acceptors (Lipinski definition) is 6. The molecule has 6 heteroatoms. The molecular weight excluding hydrogens is 258 g/mol. The van der Waals surface area contributed by atoms with Crippen LogP contribution in [0.2, 0.25) is 0 Å². The molecule has 1 N–H and O–H groups in total. The minimum Gasteiger partial charge on any atom is -0.494 e. The van der Waals surface area contributed by atoms with Gasteiger partial charge in [0, 0.05) is 7.05 Å². The molecule has 0 spiro atoms. The van der Waals surface area contributed by atoms with Crippen molar-refractivity contribution in [3.05, 3.63) is 35.9 Å². The highest BCUT2D eigenvalue weighted by Crippen LogP contribution is 2.20. The molecule has 0 fully saturated rings. The average molecular weight is 273 g/mol. The summed E-state index contributed by atoms with van der Waals surface area (Å²) >= 11 is 0. The summed E-state index contributed by atoms with van der Waals surface area (Å²) in [6.07, 6.45) is 0. The number of oxazole rings is 1. The maximum atomic E-state index is 8.86. The first-order valence-electron chi connectivity index (χ1n) is 6.20. The molecule has 1 heterocycles. The van der Waals surface area contributed by atoms with Crippen LogP contribution in [0.25, 0.3) is 0 Å². The number of anilines is 1. The smallest absolute Gasteiger partial charge is 0.236 e. The quantitative estimate of drug-likeness (QED) is 0.871. The highest BCUT2D eigenvalue weighted by atomic mass is 16.5. The van der Waals surface area contributed by atoms with Crippen molar-refractivity contribution < 1.29 is 13.9 Å². The lowest BCUT2D eigenvalue weighted by Gasteiger charge is -2.05. The van der Waals surface area contributed by atoms with Crippen LogP contribution >= 0.6 is 0 Å². The SMILES string of the molecule is CCOc1ccc(OCc2nc(C#N)c(NC)o2)cc1. The van der Waals surface area contributed by atoms with Gasteiger partial charge < -0.3 is 19.2 Å². The molecule has 1 aromatic carbocycles. The van der Waals surface area contributed by atoms with Gasteiger partial charge in [-0.3, -0.25) is 0 Å². The molecule has 2 aromatic rings. The molecule has 0 saturated carbocycles. The first-order valence-corrected chi connectivity index (χ1v) is 6.20. The standard InChI is InChI=1S/C14H15N3O3/c1-3-18-10-4-6-11(7-5-10)19-9-13-17-12(8-15)14(16-2)20-13/h4-7,16H,3,9H2,1-2H3. The third-order valence-corrected chi connectivity index (χ3v) is 2.50. The molecule has 6 nitrogen and oxygen atoms in total. The van der Waals surface area contributed by atoms with E-state index < -0.39 is 0 Å². The Balaban J connectivity index is 1.98. The van der Waals surface area contributed by atoms with E-state index in [0.29, 0.717) is 24.1 Å².